The Hall–Kier alpha value is 0.140. The van der Waals surface area contributed by atoms with Crippen LogP contribution >= 0.6 is 34.8 Å². The summed E-state index contributed by atoms with van der Waals surface area (Å²) in [6.45, 7) is 5.46. The second kappa shape index (κ2) is 8.12. The fourth-order valence-electron chi connectivity index (χ4n) is 3.78. The number of ether oxygens (including phenoxy) is 1. The Morgan fingerprint density at radius 1 is 1.05 bits per heavy atom. The van der Waals surface area contributed by atoms with Gasteiger partial charge in [0.05, 0.1) is 5.41 Å². The molecule has 0 aromatic carbocycles. The molecule has 4 atom stereocenters. The van der Waals surface area contributed by atoms with Crippen molar-refractivity contribution in [1.82, 2.24) is 0 Å². The number of alkyl halides is 3. The van der Waals surface area contributed by atoms with Crippen LogP contribution in [0.4, 0.5) is 4.79 Å². The minimum Gasteiger partial charge on any atom is -0.450 e. The zero-order valence-electron chi connectivity index (χ0n) is 12.8. The molecule has 0 saturated heterocycles. The SMILES string of the molecule is CC(Cl)C(C(C)Cl)(C(C)Cl)C(OC(=O)O)C1CCCCC1. The van der Waals surface area contributed by atoms with Gasteiger partial charge >= 0.3 is 6.16 Å². The molecule has 0 aromatic heterocycles. The van der Waals surface area contributed by atoms with E-state index in [0.717, 1.165) is 25.7 Å². The molecule has 0 amide bonds. The minimum absolute atomic E-state index is 0.124. The molecular weight excluding hydrogens is 335 g/mol. The standard InChI is InChI=1S/C15H25Cl3O3/c1-9(16)15(10(2)17,11(3)18)13(21-14(19)20)12-7-5-4-6-8-12/h9-13H,4-8H2,1-3H3,(H,19,20). The molecule has 0 aliphatic heterocycles. The van der Waals surface area contributed by atoms with Gasteiger partial charge in [-0.15, -0.1) is 34.8 Å². The van der Waals surface area contributed by atoms with E-state index in [9.17, 15) is 9.90 Å². The molecule has 1 fully saturated rings. The summed E-state index contributed by atoms with van der Waals surface area (Å²) in [5.41, 5.74) is -0.801. The van der Waals surface area contributed by atoms with Gasteiger partial charge in [0.2, 0.25) is 0 Å². The van der Waals surface area contributed by atoms with E-state index < -0.39 is 33.8 Å². The van der Waals surface area contributed by atoms with E-state index in [1.54, 1.807) is 0 Å². The van der Waals surface area contributed by atoms with Crippen molar-refractivity contribution in [1.29, 1.82) is 0 Å². The van der Waals surface area contributed by atoms with E-state index >= 15 is 0 Å². The van der Waals surface area contributed by atoms with Crippen LogP contribution in [0.2, 0.25) is 0 Å². The zero-order valence-corrected chi connectivity index (χ0v) is 15.1. The van der Waals surface area contributed by atoms with E-state index in [2.05, 4.69) is 0 Å². The van der Waals surface area contributed by atoms with Gasteiger partial charge in [-0.1, -0.05) is 19.3 Å². The first kappa shape index (κ1) is 19.2. The average molecular weight is 360 g/mol. The first-order chi connectivity index (χ1) is 9.74. The first-order valence-electron chi connectivity index (χ1n) is 7.56. The van der Waals surface area contributed by atoms with Crippen LogP contribution in [-0.2, 0) is 4.74 Å². The molecule has 4 unspecified atom stereocenters. The highest BCUT2D eigenvalue weighted by Crippen LogP contribution is 2.49. The Balaban J connectivity index is 3.24. The van der Waals surface area contributed by atoms with Crippen molar-refractivity contribution in [3.05, 3.63) is 0 Å². The highest BCUT2D eigenvalue weighted by molar-refractivity contribution is 6.27. The van der Waals surface area contributed by atoms with Crippen LogP contribution in [0, 0.1) is 11.3 Å². The second-order valence-corrected chi connectivity index (χ2v) is 8.01. The van der Waals surface area contributed by atoms with Gasteiger partial charge < -0.3 is 9.84 Å². The summed E-state index contributed by atoms with van der Waals surface area (Å²) in [7, 11) is 0. The average Bonchev–Trinajstić information content (AvgIpc) is 2.37. The van der Waals surface area contributed by atoms with Gasteiger partial charge in [-0.2, -0.15) is 0 Å². The Kier molecular flexibility index (Phi) is 7.42. The van der Waals surface area contributed by atoms with Crippen LogP contribution in [0.15, 0.2) is 0 Å². The van der Waals surface area contributed by atoms with Gasteiger partial charge in [-0.05, 0) is 39.5 Å². The van der Waals surface area contributed by atoms with Gasteiger partial charge in [0.1, 0.15) is 6.10 Å². The lowest BCUT2D eigenvalue weighted by Gasteiger charge is -2.49. The van der Waals surface area contributed by atoms with Gasteiger partial charge in [0.25, 0.3) is 0 Å². The van der Waals surface area contributed by atoms with Crippen molar-refractivity contribution in [3.8, 4) is 0 Å². The number of hydrogen-bond donors (Lipinski definition) is 1. The number of carboxylic acid groups (broad SMARTS) is 1. The Morgan fingerprint density at radius 2 is 1.48 bits per heavy atom. The van der Waals surface area contributed by atoms with Crippen LogP contribution in [-0.4, -0.2) is 33.5 Å². The molecule has 0 spiro atoms. The molecule has 124 valence electrons. The van der Waals surface area contributed by atoms with Crippen LogP contribution < -0.4 is 0 Å². The smallest absolute Gasteiger partial charge is 0.450 e. The van der Waals surface area contributed by atoms with Crippen molar-refractivity contribution >= 4 is 41.0 Å². The van der Waals surface area contributed by atoms with E-state index in [4.69, 9.17) is 39.5 Å². The molecule has 0 aromatic rings. The monoisotopic (exact) mass is 358 g/mol. The largest absolute Gasteiger partial charge is 0.506 e. The van der Waals surface area contributed by atoms with E-state index in [0.29, 0.717) is 0 Å². The minimum atomic E-state index is -1.29. The van der Waals surface area contributed by atoms with Crippen molar-refractivity contribution in [2.75, 3.05) is 0 Å². The molecule has 6 heteroatoms. The lowest BCUT2D eigenvalue weighted by Crippen LogP contribution is -2.57. The van der Waals surface area contributed by atoms with Crippen molar-refractivity contribution < 1.29 is 14.6 Å². The summed E-state index contributed by atoms with van der Waals surface area (Å²) in [6, 6.07) is 0. The Morgan fingerprint density at radius 3 is 1.81 bits per heavy atom. The molecule has 3 nitrogen and oxygen atoms in total. The molecule has 0 bridgehead atoms. The molecule has 1 rings (SSSR count). The van der Waals surface area contributed by atoms with Gasteiger partial charge in [0, 0.05) is 16.1 Å². The van der Waals surface area contributed by atoms with Crippen LogP contribution in [0.3, 0.4) is 0 Å². The third-order valence-electron chi connectivity index (χ3n) is 4.87. The Labute approximate surface area is 142 Å². The summed E-state index contributed by atoms with van der Waals surface area (Å²) in [4.78, 5) is 11.2. The van der Waals surface area contributed by atoms with Gasteiger partial charge in [-0.25, -0.2) is 4.79 Å². The number of hydrogen-bond acceptors (Lipinski definition) is 2. The van der Waals surface area contributed by atoms with E-state index in [-0.39, 0.29) is 5.92 Å². The maximum atomic E-state index is 11.2. The van der Waals surface area contributed by atoms with E-state index in [1.807, 2.05) is 20.8 Å². The van der Waals surface area contributed by atoms with Crippen molar-refractivity contribution in [2.45, 2.75) is 75.1 Å². The normalized spacial score (nSPS) is 25.4. The molecule has 0 heterocycles. The molecule has 1 aliphatic rings. The number of halogens is 3. The number of carbonyl (C=O) groups is 1. The van der Waals surface area contributed by atoms with Crippen LogP contribution in [0.5, 0.6) is 0 Å². The zero-order chi connectivity index (χ0) is 16.2. The van der Waals surface area contributed by atoms with Crippen LogP contribution in [0.1, 0.15) is 52.9 Å². The number of rotatable bonds is 6. The predicted molar refractivity (Wildman–Crippen MR) is 87.9 cm³/mol. The van der Waals surface area contributed by atoms with Crippen molar-refractivity contribution in [2.24, 2.45) is 11.3 Å². The van der Waals surface area contributed by atoms with Gasteiger partial charge in [-0.3, -0.25) is 0 Å². The topological polar surface area (TPSA) is 46.5 Å². The predicted octanol–water partition coefficient (Wildman–Crippen LogP) is 5.50. The molecule has 0 radical (unpaired) electrons. The first-order valence-corrected chi connectivity index (χ1v) is 8.87. The van der Waals surface area contributed by atoms with Crippen LogP contribution in [0.25, 0.3) is 0 Å². The third kappa shape index (κ3) is 4.11. The molecular formula is C15H25Cl3O3. The van der Waals surface area contributed by atoms with E-state index in [1.165, 1.54) is 6.42 Å². The maximum absolute atomic E-state index is 11.2. The summed E-state index contributed by atoms with van der Waals surface area (Å²) >= 11 is 19.3. The lowest BCUT2D eigenvalue weighted by molar-refractivity contribution is -0.0609. The quantitative estimate of drug-likeness (QED) is 0.503. The highest BCUT2D eigenvalue weighted by Gasteiger charge is 2.55. The molecule has 1 N–H and O–H groups in total. The molecule has 1 saturated carbocycles. The molecule has 1 aliphatic carbocycles. The fraction of sp³-hybridized carbons (Fsp3) is 0.933. The maximum Gasteiger partial charge on any atom is 0.506 e. The summed E-state index contributed by atoms with van der Waals surface area (Å²) in [6.07, 6.45) is 3.30. The second-order valence-electron chi connectivity index (χ2n) is 6.05. The Bertz CT molecular complexity index is 317. The summed E-state index contributed by atoms with van der Waals surface area (Å²) < 4.78 is 5.30. The van der Waals surface area contributed by atoms with Crippen molar-refractivity contribution in [3.63, 3.8) is 0 Å². The lowest BCUT2D eigenvalue weighted by atomic mass is 9.66. The highest BCUT2D eigenvalue weighted by atomic mass is 35.5. The summed E-state index contributed by atoms with van der Waals surface area (Å²) in [5, 5.41) is 7.97. The third-order valence-corrected chi connectivity index (χ3v) is 6.00. The molecule has 21 heavy (non-hydrogen) atoms. The summed E-state index contributed by atoms with van der Waals surface area (Å²) in [5.74, 6) is 0.124. The van der Waals surface area contributed by atoms with Gasteiger partial charge in [0.15, 0.2) is 0 Å². The fourth-order valence-corrected chi connectivity index (χ4v) is 5.48.